The Balaban J connectivity index is 1.18. The third kappa shape index (κ3) is 3.32. The average Bonchev–Trinajstić information content (AvgIpc) is 3.11. The molecular weight excluding hydrogens is 449 g/mol. The summed E-state index contributed by atoms with van der Waals surface area (Å²) in [6, 6.07) is 5.34. The van der Waals surface area contributed by atoms with Gasteiger partial charge in [-0.25, -0.2) is 4.52 Å². The van der Waals surface area contributed by atoms with E-state index in [2.05, 4.69) is 31.5 Å². The molecule has 0 aromatic carbocycles. The number of aryl methyl sites for hydroxylation is 1. The highest BCUT2D eigenvalue weighted by atomic mass is 19.4. The maximum absolute atomic E-state index is 13.3. The van der Waals surface area contributed by atoms with Crippen molar-refractivity contribution in [3.05, 3.63) is 41.7 Å². The number of allylic oxidation sites excluding steroid dienone is 1. The Kier molecular flexibility index (Phi) is 4.62. The van der Waals surface area contributed by atoms with E-state index in [-0.39, 0.29) is 18.9 Å². The normalized spacial score (nSPS) is 26.6. The summed E-state index contributed by atoms with van der Waals surface area (Å²) in [5.74, 6) is 2.27. The summed E-state index contributed by atoms with van der Waals surface area (Å²) in [6.45, 7) is 5.22. The molecule has 34 heavy (non-hydrogen) atoms. The standard InChI is InChI=1S/C23H25F3N6O2/c1-3-14-15-10-31(18-9-13(2)30-34-18)11-16(15)19(14)27-21-28-20-17(5-4-8-32(20)29-21)33-12-22(6-7-22)23(24,25)26/h3-5,8-9,15-16,19H,6-7,10-12H2,1-2H3,(H,27,29)/b14-3+/t15?,16-,19-/m1/s1. The van der Waals surface area contributed by atoms with Crippen LogP contribution in [-0.4, -0.2) is 51.7 Å². The predicted molar refractivity (Wildman–Crippen MR) is 118 cm³/mol. The highest BCUT2D eigenvalue weighted by molar-refractivity contribution is 5.57. The molecule has 1 unspecified atom stereocenters. The Morgan fingerprint density at radius 1 is 1.32 bits per heavy atom. The lowest BCUT2D eigenvalue weighted by molar-refractivity contribution is -0.194. The maximum Gasteiger partial charge on any atom is 0.397 e. The number of pyridine rings is 1. The molecule has 0 radical (unpaired) electrons. The molecule has 11 heteroatoms. The van der Waals surface area contributed by atoms with Gasteiger partial charge in [0.25, 0.3) is 0 Å². The van der Waals surface area contributed by atoms with Crippen molar-refractivity contribution in [2.45, 2.75) is 38.9 Å². The molecule has 1 aliphatic heterocycles. The second-order valence-corrected chi connectivity index (χ2v) is 9.54. The second-order valence-electron chi connectivity index (χ2n) is 9.54. The van der Waals surface area contributed by atoms with Gasteiger partial charge in [0.1, 0.15) is 12.0 Å². The number of anilines is 2. The quantitative estimate of drug-likeness (QED) is 0.535. The van der Waals surface area contributed by atoms with Crippen LogP contribution in [0, 0.1) is 24.2 Å². The van der Waals surface area contributed by atoms with Gasteiger partial charge in [0.05, 0.1) is 11.7 Å². The molecule has 4 heterocycles. The SMILES string of the molecule is C/C=C1\C2CN(c3cc(C)no3)C[C@H]2[C@@H]1Nc1nc2c(OCC3(C(F)(F)F)CC3)cccn2n1. The maximum atomic E-state index is 13.3. The van der Waals surface area contributed by atoms with Crippen LogP contribution in [0.25, 0.3) is 5.65 Å². The number of alkyl halides is 3. The zero-order chi connectivity index (χ0) is 23.7. The molecule has 0 spiro atoms. The first-order valence-electron chi connectivity index (χ1n) is 11.4. The smallest absolute Gasteiger partial charge is 0.397 e. The Labute approximate surface area is 193 Å². The van der Waals surface area contributed by atoms with Crippen LogP contribution in [0.1, 0.15) is 25.5 Å². The molecular formula is C23H25F3N6O2. The van der Waals surface area contributed by atoms with Crippen LogP contribution in [0.5, 0.6) is 5.75 Å². The van der Waals surface area contributed by atoms with E-state index < -0.39 is 18.2 Å². The van der Waals surface area contributed by atoms with Crippen molar-refractivity contribution in [1.29, 1.82) is 0 Å². The van der Waals surface area contributed by atoms with Crippen molar-refractivity contribution in [3.8, 4) is 5.75 Å². The van der Waals surface area contributed by atoms with Gasteiger partial charge in [-0.1, -0.05) is 11.2 Å². The van der Waals surface area contributed by atoms with Crippen LogP contribution in [-0.2, 0) is 0 Å². The van der Waals surface area contributed by atoms with Crippen LogP contribution in [0.15, 0.2) is 40.6 Å². The van der Waals surface area contributed by atoms with Crippen LogP contribution in [0.2, 0.25) is 0 Å². The van der Waals surface area contributed by atoms with Gasteiger partial charge >= 0.3 is 6.18 Å². The van der Waals surface area contributed by atoms with Crippen LogP contribution < -0.4 is 15.0 Å². The number of halogens is 3. The van der Waals surface area contributed by atoms with Gasteiger partial charge in [-0.15, -0.1) is 5.10 Å². The van der Waals surface area contributed by atoms with Crippen molar-refractivity contribution >= 4 is 17.5 Å². The Morgan fingerprint density at radius 2 is 2.15 bits per heavy atom. The first-order chi connectivity index (χ1) is 16.3. The minimum Gasteiger partial charge on any atom is -0.489 e. The number of ether oxygens (including phenoxy) is 1. The van der Waals surface area contributed by atoms with Gasteiger partial charge in [-0.05, 0) is 44.4 Å². The predicted octanol–water partition coefficient (Wildman–Crippen LogP) is 4.24. The van der Waals surface area contributed by atoms with Crippen LogP contribution in [0.3, 0.4) is 0 Å². The third-order valence-corrected chi connectivity index (χ3v) is 7.41. The summed E-state index contributed by atoms with van der Waals surface area (Å²) < 4.78 is 52.4. The number of hydrogen-bond acceptors (Lipinski definition) is 7. The third-order valence-electron chi connectivity index (χ3n) is 7.41. The van der Waals surface area contributed by atoms with Gasteiger partial charge in [-0.3, -0.25) is 0 Å². The molecule has 8 nitrogen and oxygen atoms in total. The first-order valence-corrected chi connectivity index (χ1v) is 11.4. The van der Waals surface area contributed by atoms with Crippen molar-refractivity contribution < 1.29 is 22.4 Å². The number of rotatable bonds is 6. The molecule has 2 saturated carbocycles. The van der Waals surface area contributed by atoms with Crippen LogP contribution >= 0.6 is 0 Å². The molecule has 0 bridgehead atoms. The molecule has 2 aliphatic carbocycles. The monoisotopic (exact) mass is 474 g/mol. The van der Waals surface area contributed by atoms with Crippen molar-refractivity contribution in [2.75, 3.05) is 29.9 Å². The van der Waals surface area contributed by atoms with E-state index in [1.165, 1.54) is 10.1 Å². The lowest BCUT2D eigenvalue weighted by atomic mass is 9.67. The van der Waals surface area contributed by atoms with E-state index in [1.807, 2.05) is 19.9 Å². The van der Waals surface area contributed by atoms with E-state index in [4.69, 9.17) is 9.26 Å². The van der Waals surface area contributed by atoms with E-state index in [0.29, 0.717) is 29.2 Å². The first kappa shape index (κ1) is 21.3. The summed E-state index contributed by atoms with van der Waals surface area (Å²) in [4.78, 5) is 6.75. The van der Waals surface area contributed by atoms with Gasteiger partial charge < -0.3 is 19.5 Å². The van der Waals surface area contributed by atoms with E-state index >= 15 is 0 Å². The molecule has 3 aromatic rings. The fourth-order valence-electron chi connectivity index (χ4n) is 5.21. The zero-order valence-corrected chi connectivity index (χ0v) is 18.8. The molecule has 6 rings (SSSR count). The fraction of sp³-hybridized carbons (Fsp3) is 0.522. The van der Waals surface area contributed by atoms with Crippen molar-refractivity contribution in [3.63, 3.8) is 0 Å². The van der Waals surface area contributed by atoms with Gasteiger partial charge in [-0.2, -0.15) is 18.2 Å². The molecule has 3 atom stereocenters. The highest BCUT2D eigenvalue weighted by Gasteiger charge is 2.64. The number of nitrogens with zero attached hydrogens (tertiary/aromatic N) is 5. The summed E-state index contributed by atoms with van der Waals surface area (Å²) in [6.07, 6.45) is -0.229. The fourth-order valence-corrected chi connectivity index (χ4v) is 5.21. The topological polar surface area (TPSA) is 80.7 Å². The molecule has 1 saturated heterocycles. The Hall–Kier alpha value is -3.24. The van der Waals surface area contributed by atoms with Crippen LogP contribution in [0.4, 0.5) is 25.0 Å². The summed E-state index contributed by atoms with van der Waals surface area (Å²) in [5.41, 5.74) is 0.801. The number of hydrogen-bond donors (Lipinski definition) is 1. The molecule has 180 valence electrons. The lowest BCUT2D eigenvalue weighted by Crippen LogP contribution is -2.48. The van der Waals surface area contributed by atoms with E-state index in [1.54, 1.807) is 18.3 Å². The summed E-state index contributed by atoms with van der Waals surface area (Å²) in [5, 5.41) is 11.9. The Morgan fingerprint density at radius 3 is 2.82 bits per heavy atom. The molecule has 0 amide bonds. The van der Waals surface area contributed by atoms with Gasteiger partial charge in [0.15, 0.2) is 11.4 Å². The van der Waals surface area contributed by atoms with Gasteiger partial charge in [0, 0.05) is 37.2 Å². The highest BCUT2D eigenvalue weighted by Crippen LogP contribution is 2.57. The van der Waals surface area contributed by atoms with E-state index in [0.717, 1.165) is 24.7 Å². The molecule has 1 N–H and O–H groups in total. The second kappa shape index (κ2) is 7.38. The zero-order valence-electron chi connectivity index (χ0n) is 18.8. The molecule has 3 aliphatic rings. The summed E-state index contributed by atoms with van der Waals surface area (Å²) >= 11 is 0. The van der Waals surface area contributed by atoms with Gasteiger partial charge in [0.2, 0.25) is 11.8 Å². The number of nitrogens with one attached hydrogen (secondary N) is 1. The lowest BCUT2D eigenvalue weighted by Gasteiger charge is -2.42. The summed E-state index contributed by atoms with van der Waals surface area (Å²) in [7, 11) is 0. The molecule has 3 aromatic heterocycles. The number of aromatic nitrogens is 4. The van der Waals surface area contributed by atoms with Crippen molar-refractivity contribution in [1.82, 2.24) is 19.8 Å². The minimum absolute atomic E-state index is 0.0748. The average molecular weight is 474 g/mol. The number of fused-ring (bicyclic) bond motifs is 2. The van der Waals surface area contributed by atoms with Crippen molar-refractivity contribution in [2.24, 2.45) is 17.3 Å². The Bertz CT molecular complexity index is 1260. The minimum atomic E-state index is -4.26. The largest absolute Gasteiger partial charge is 0.489 e. The molecule has 3 fully saturated rings. The van der Waals surface area contributed by atoms with E-state index in [9.17, 15) is 13.2 Å².